The molecule has 2 rings (SSSR count). The van der Waals surface area contributed by atoms with Crippen LogP contribution in [0, 0.1) is 6.92 Å². The molecule has 22 heavy (non-hydrogen) atoms. The number of amides is 2. The van der Waals surface area contributed by atoms with Gasteiger partial charge in [-0.25, -0.2) is 0 Å². The molecule has 0 aliphatic carbocycles. The Morgan fingerprint density at radius 1 is 1.14 bits per heavy atom. The summed E-state index contributed by atoms with van der Waals surface area (Å²) >= 11 is 5.97. The number of rotatable bonds is 3. The van der Waals surface area contributed by atoms with Gasteiger partial charge in [-0.3, -0.25) is 9.59 Å². The van der Waals surface area contributed by atoms with Crippen LogP contribution in [0.25, 0.3) is 0 Å². The highest BCUT2D eigenvalue weighted by Crippen LogP contribution is 2.23. The third-order valence-electron chi connectivity index (χ3n) is 3.00. The number of phenols is 1. The third kappa shape index (κ3) is 3.99. The summed E-state index contributed by atoms with van der Waals surface area (Å²) in [5, 5.41) is 15.0. The summed E-state index contributed by atoms with van der Waals surface area (Å²) in [6, 6.07) is 11.8. The molecule has 0 bridgehead atoms. The Hall–Kier alpha value is -2.53. The van der Waals surface area contributed by atoms with Crippen LogP contribution in [-0.4, -0.2) is 16.9 Å². The number of phenolic OH excluding ortho intramolecular Hbond substituents is 1. The minimum atomic E-state index is -0.855. The topological polar surface area (TPSA) is 78.4 Å². The second-order valence-electron chi connectivity index (χ2n) is 4.75. The fraction of sp³-hybridized carbons (Fsp3) is 0.125. The Kier molecular flexibility index (Phi) is 5.01. The van der Waals surface area contributed by atoms with Gasteiger partial charge in [0, 0.05) is 11.6 Å². The van der Waals surface area contributed by atoms with E-state index < -0.39 is 11.8 Å². The first-order valence-corrected chi connectivity index (χ1v) is 6.97. The normalized spacial score (nSPS) is 10.1. The van der Waals surface area contributed by atoms with Crippen molar-refractivity contribution in [3.8, 4) is 5.75 Å². The predicted molar refractivity (Wildman–Crippen MR) is 84.8 cm³/mol. The smallest absolute Gasteiger partial charge is 0.313 e. The van der Waals surface area contributed by atoms with Crippen molar-refractivity contribution in [2.24, 2.45) is 0 Å². The highest BCUT2D eigenvalue weighted by Gasteiger charge is 2.15. The maximum atomic E-state index is 11.8. The van der Waals surface area contributed by atoms with E-state index >= 15 is 0 Å². The van der Waals surface area contributed by atoms with Crippen molar-refractivity contribution >= 4 is 29.1 Å². The second kappa shape index (κ2) is 6.95. The summed E-state index contributed by atoms with van der Waals surface area (Å²) in [6.07, 6.45) is 0. The van der Waals surface area contributed by atoms with E-state index in [1.807, 2.05) is 6.92 Å². The first-order valence-electron chi connectivity index (χ1n) is 6.59. The summed E-state index contributed by atoms with van der Waals surface area (Å²) in [7, 11) is 0. The van der Waals surface area contributed by atoms with Crippen molar-refractivity contribution < 1.29 is 14.7 Å². The van der Waals surface area contributed by atoms with Crippen molar-refractivity contribution in [2.45, 2.75) is 13.5 Å². The molecule has 3 N–H and O–H groups in total. The standard InChI is InChI=1S/C16H15ClN2O3/c1-10-6-7-13(14(20)8-10)19-16(22)15(21)18-9-11-4-2-3-5-12(11)17/h2-8,20H,9H2,1H3,(H,18,21)(H,19,22). The Balaban J connectivity index is 1.95. The molecule has 0 aliphatic rings. The van der Waals surface area contributed by atoms with Gasteiger partial charge in [0.2, 0.25) is 0 Å². The Morgan fingerprint density at radius 3 is 2.55 bits per heavy atom. The molecule has 0 unspecified atom stereocenters. The van der Waals surface area contributed by atoms with Gasteiger partial charge in [0.1, 0.15) is 5.75 Å². The summed E-state index contributed by atoms with van der Waals surface area (Å²) in [5.74, 6) is -1.75. The molecule has 0 saturated heterocycles. The lowest BCUT2D eigenvalue weighted by molar-refractivity contribution is -0.136. The van der Waals surface area contributed by atoms with Gasteiger partial charge in [-0.05, 0) is 36.2 Å². The van der Waals surface area contributed by atoms with Gasteiger partial charge < -0.3 is 15.7 Å². The first-order chi connectivity index (χ1) is 10.5. The Bertz CT molecular complexity index is 716. The lowest BCUT2D eigenvalue weighted by Gasteiger charge is -2.09. The van der Waals surface area contributed by atoms with Gasteiger partial charge in [-0.1, -0.05) is 35.9 Å². The van der Waals surface area contributed by atoms with E-state index in [4.69, 9.17) is 11.6 Å². The number of anilines is 1. The van der Waals surface area contributed by atoms with Crippen molar-refractivity contribution in [1.82, 2.24) is 5.32 Å². The van der Waals surface area contributed by atoms with Crippen molar-refractivity contribution in [2.75, 3.05) is 5.32 Å². The van der Waals surface area contributed by atoms with Gasteiger partial charge in [0.15, 0.2) is 0 Å². The van der Waals surface area contributed by atoms with Gasteiger partial charge >= 0.3 is 11.8 Å². The summed E-state index contributed by atoms with van der Waals surface area (Å²) in [6.45, 7) is 1.95. The maximum absolute atomic E-state index is 11.8. The molecule has 114 valence electrons. The molecule has 0 saturated carbocycles. The number of carbonyl (C=O) groups is 2. The molecule has 0 aromatic heterocycles. The molecule has 0 heterocycles. The zero-order valence-corrected chi connectivity index (χ0v) is 12.6. The average Bonchev–Trinajstić information content (AvgIpc) is 2.49. The molecule has 0 atom stereocenters. The highest BCUT2D eigenvalue weighted by atomic mass is 35.5. The van der Waals surface area contributed by atoms with Crippen LogP contribution >= 0.6 is 11.6 Å². The maximum Gasteiger partial charge on any atom is 0.313 e. The molecule has 0 aliphatic heterocycles. The molecule has 6 heteroatoms. The van der Waals surface area contributed by atoms with Crippen molar-refractivity contribution in [1.29, 1.82) is 0 Å². The molecule has 0 fully saturated rings. The number of hydrogen-bond donors (Lipinski definition) is 3. The zero-order valence-electron chi connectivity index (χ0n) is 11.9. The van der Waals surface area contributed by atoms with Crippen LogP contribution in [-0.2, 0) is 16.1 Å². The number of nitrogens with one attached hydrogen (secondary N) is 2. The molecule has 2 aromatic carbocycles. The van der Waals surface area contributed by atoms with E-state index in [0.29, 0.717) is 10.6 Å². The Labute approximate surface area is 132 Å². The predicted octanol–water partition coefficient (Wildman–Crippen LogP) is 2.61. The fourth-order valence-corrected chi connectivity index (χ4v) is 2.03. The zero-order chi connectivity index (χ0) is 16.1. The van der Waals surface area contributed by atoms with E-state index in [0.717, 1.165) is 5.56 Å². The van der Waals surface area contributed by atoms with Crippen LogP contribution in [0.4, 0.5) is 5.69 Å². The van der Waals surface area contributed by atoms with E-state index in [-0.39, 0.29) is 18.0 Å². The number of carbonyl (C=O) groups excluding carboxylic acids is 2. The summed E-state index contributed by atoms with van der Waals surface area (Å²) < 4.78 is 0. The molecule has 5 nitrogen and oxygen atoms in total. The molecule has 2 amide bonds. The van der Waals surface area contributed by atoms with E-state index in [9.17, 15) is 14.7 Å². The van der Waals surface area contributed by atoms with Crippen molar-refractivity contribution in [3.63, 3.8) is 0 Å². The molecule has 2 aromatic rings. The quantitative estimate of drug-likeness (QED) is 0.601. The fourth-order valence-electron chi connectivity index (χ4n) is 1.82. The van der Waals surface area contributed by atoms with Crippen LogP contribution in [0.2, 0.25) is 5.02 Å². The minimum absolute atomic E-state index is 0.0905. The summed E-state index contributed by atoms with van der Waals surface area (Å²) in [4.78, 5) is 23.6. The average molecular weight is 319 g/mol. The first kappa shape index (κ1) is 15.9. The summed E-state index contributed by atoms with van der Waals surface area (Å²) in [5.41, 5.74) is 1.74. The molecular formula is C16H15ClN2O3. The lowest BCUT2D eigenvalue weighted by atomic mass is 10.2. The van der Waals surface area contributed by atoms with E-state index in [1.165, 1.54) is 12.1 Å². The highest BCUT2D eigenvalue weighted by molar-refractivity contribution is 6.39. The number of aromatic hydroxyl groups is 1. The SMILES string of the molecule is Cc1ccc(NC(=O)C(=O)NCc2ccccc2Cl)c(O)c1. The van der Waals surface area contributed by atoms with Gasteiger partial charge in [0.05, 0.1) is 5.69 Å². The Morgan fingerprint density at radius 2 is 1.86 bits per heavy atom. The number of halogens is 1. The van der Waals surface area contributed by atoms with Gasteiger partial charge in [-0.2, -0.15) is 0 Å². The number of benzene rings is 2. The van der Waals surface area contributed by atoms with Crippen LogP contribution in [0.5, 0.6) is 5.75 Å². The van der Waals surface area contributed by atoms with Crippen LogP contribution in [0.1, 0.15) is 11.1 Å². The number of aryl methyl sites for hydroxylation is 1. The van der Waals surface area contributed by atoms with Gasteiger partial charge in [-0.15, -0.1) is 0 Å². The second-order valence-corrected chi connectivity index (χ2v) is 5.16. The molecular weight excluding hydrogens is 304 g/mol. The molecule has 0 radical (unpaired) electrons. The van der Waals surface area contributed by atoms with Crippen LogP contribution < -0.4 is 10.6 Å². The third-order valence-corrected chi connectivity index (χ3v) is 3.37. The van der Waals surface area contributed by atoms with Gasteiger partial charge in [0.25, 0.3) is 0 Å². The monoisotopic (exact) mass is 318 g/mol. The lowest BCUT2D eigenvalue weighted by Crippen LogP contribution is -2.35. The minimum Gasteiger partial charge on any atom is -0.506 e. The van der Waals surface area contributed by atoms with Crippen molar-refractivity contribution in [3.05, 3.63) is 58.6 Å². The van der Waals surface area contributed by atoms with E-state index in [1.54, 1.807) is 30.3 Å². The van der Waals surface area contributed by atoms with E-state index in [2.05, 4.69) is 10.6 Å². The molecule has 0 spiro atoms. The van der Waals surface area contributed by atoms with Crippen LogP contribution in [0.15, 0.2) is 42.5 Å². The largest absolute Gasteiger partial charge is 0.506 e. The van der Waals surface area contributed by atoms with Crippen LogP contribution in [0.3, 0.4) is 0 Å². The number of hydrogen-bond acceptors (Lipinski definition) is 3.